The maximum Gasteiger partial charge on any atom is 0.105 e. The fraction of sp³-hybridized carbons (Fsp3) is 0.333. The van der Waals surface area contributed by atoms with Gasteiger partial charge in [-0.15, -0.1) is 0 Å². The van der Waals surface area contributed by atoms with Gasteiger partial charge in [0.15, 0.2) is 0 Å². The summed E-state index contributed by atoms with van der Waals surface area (Å²) in [4.78, 5) is 0. The zero-order valence-electron chi connectivity index (χ0n) is 10.9. The van der Waals surface area contributed by atoms with Gasteiger partial charge in [-0.2, -0.15) is 0 Å². The number of hydrogen-bond acceptors (Lipinski definition) is 3. The van der Waals surface area contributed by atoms with E-state index in [2.05, 4.69) is 43.5 Å². The van der Waals surface area contributed by atoms with Crippen molar-refractivity contribution in [2.24, 2.45) is 5.84 Å². The number of furan rings is 1. The lowest BCUT2D eigenvalue weighted by Crippen LogP contribution is -2.49. The van der Waals surface area contributed by atoms with Gasteiger partial charge in [-0.05, 0) is 17.7 Å². The molecular weight excluding hydrogens is 224 g/mol. The first-order valence-electron chi connectivity index (χ1n) is 6.18. The molecule has 0 fully saturated rings. The van der Waals surface area contributed by atoms with Crippen LogP contribution < -0.4 is 11.3 Å². The Morgan fingerprint density at radius 1 is 1.17 bits per heavy atom. The molecule has 0 radical (unpaired) electrons. The minimum atomic E-state index is -0.0667. The maximum absolute atomic E-state index is 5.72. The summed E-state index contributed by atoms with van der Waals surface area (Å²) in [7, 11) is 0. The van der Waals surface area contributed by atoms with Crippen LogP contribution in [0.5, 0.6) is 0 Å². The molecular formula is C15H20N2O. The fourth-order valence-electron chi connectivity index (χ4n) is 2.22. The van der Waals surface area contributed by atoms with Crippen molar-refractivity contribution in [2.75, 3.05) is 0 Å². The molecule has 1 unspecified atom stereocenters. The van der Waals surface area contributed by atoms with Crippen LogP contribution in [0, 0.1) is 0 Å². The van der Waals surface area contributed by atoms with E-state index in [1.807, 2.05) is 18.2 Å². The second kappa shape index (κ2) is 5.38. The van der Waals surface area contributed by atoms with Crippen molar-refractivity contribution in [3.63, 3.8) is 0 Å². The van der Waals surface area contributed by atoms with Crippen molar-refractivity contribution >= 4 is 0 Å². The summed E-state index contributed by atoms with van der Waals surface area (Å²) >= 11 is 0. The molecule has 1 atom stereocenters. The molecule has 2 aromatic rings. The summed E-state index contributed by atoms with van der Waals surface area (Å²) < 4.78 is 5.40. The largest absolute Gasteiger partial charge is 0.469 e. The molecule has 2 rings (SSSR count). The summed E-state index contributed by atoms with van der Waals surface area (Å²) in [6.45, 7) is 4.38. The van der Waals surface area contributed by atoms with E-state index < -0.39 is 0 Å². The normalized spacial score (nSPS) is 13.5. The molecule has 0 aliphatic carbocycles. The predicted octanol–water partition coefficient (Wildman–Crippen LogP) is 2.63. The minimum Gasteiger partial charge on any atom is -0.469 e. The Labute approximate surface area is 108 Å². The van der Waals surface area contributed by atoms with E-state index in [1.165, 1.54) is 5.56 Å². The number of benzene rings is 1. The molecule has 0 aliphatic heterocycles. The predicted molar refractivity (Wildman–Crippen MR) is 73.0 cm³/mol. The van der Waals surface area contributed by atoms with Gasteiger partial charge in [-0.3, -0.25) is 11.3 Å². The Balaban J connectivity index is 2.21. The molecule has 0 spiro atoms. The summed E-state index contributed by atoms with van der Waals surface area (Å²) in [5.41, 5.74) is 4.12. The van der Waals surface area contributed by atoms with E-state index in [0.29, 0.717) is 0 Å². The summed E-state index contributed by atoms with van der Waals surface area (Å²) in [6, 6.07) is 14.4. The third-order valence-electron chi connectivity index (χ3n) is 3.58. The van der Waals surface area contributed by atoms with Gasteiger partial charge in [0.05, 0.1) is 6.26 Å². The molecule has 3 heteroatoms. The van der Waals surface area contributed by atoms with Gasteiger partial charge in [0, 0.05) is 17.9 Å². The van der Waals surface area contributed by atoms with Gasteiger partial charge >= 0.3 is 0 Å². The van der Waals surface area contributed by atoms with Crippen molar-refractivity contribution in [2.45, 2.75) is 31.7 Å². The molecule has 0 saturated carbocycles. The van der Waals surface area contributed by atoms with Crippen LogP contribution >= 0.6 is 0 Å². The van der Waals surface area contributed by atoms with Crippen LogP contribution in [-0.2, 0) is 11.8 Å². The number of hydrazine groups is 1. The van der Waals surface area contributed by atoms with Crippen molar-refractivity contribution < 1.29 is 4.42 Å². The Morgan fingerprint density at radius 2 is 1.89 bits per heavy atom. The molecule has 1 aromatic heterocycles. The van der Waals surface area contributed by atoms with Crippen molar-refractivity contribution in [1.82, 2.24) is 5.43 Å². The monoisotopic (exact) mass is 244 g/mol. The van der Waals surface area contributed by atoms with Crippen LogP contribution in [0.3, 0.4) is 0 Å². The van der Waals surface area contributed by atoms with Crippen molar-refractivity contribution in [3.8, 4) is 0 Å². The SMILES string of the molecule is CC(C)(c1ccccc1)C(Cc1ccco1)NN. The smallest absolute Gasteiger partial charge is 0.105 e. The summed E-state index contributed by atoms with van der Waals surface area (Å²) in [5, 5.41) is 0. The highest BCUT2D eigenvalue weighted by molar-refractivity contribution is 5.26. The number of hydrogen-bond donors (Lipinski definition) is 2. The van der Waals surface area contributed by atoms with Gasteiger partial charge < -0.3 is 4.42 Å². The second-order valence-corrected chi connectivity index (χ2v) is 5.09. The van der Waals surface area contributed by atoms with Crippen LogP contribution in [0.15, 0.2) is 53.1 Å². The van der Waals surface area contributed by atoms with E-state index >= 15 is 0 Å². The van der Waals surface area contributed by atoms with Gasteiger partial charge in [0.1, 0.15) is 5.76 Å². The molecule has 0 bridgehead atoms. The molecule has 96 valence electrons. The second-order valence-electron chi connectivity index (χ2n) is 5.09. The highest BCUT2D eigenvalue weighted by atomic mass is 16.3. The van der Waals surface area contributed by atoms with Gasteiger partial charge in [0.2, 0.25) is 0 Å². The average Bonchev–Trinajstić information content (AvgIpc) is 2.89. The highest BCUT2D eigenvalue weighted by Gasteiger charge is 2.31. The van der Waals surface area contributed by atoms with Gasteiger partial charge in [0.25, 0.3) is 0 Å². The Bertz CT molecular complexity index is 463. The lowest BCUT2D eigenvalue weighted by atomic mass is 9.76. The van der Waals surface area contributed by atoms with E-state index in [0.717, 1.165) is 12.2 Å². The zero-order chi connectivity index (χ0) is 13.0. The third kappa shape index (κ3) is 2.63. The average molecular weight is 244 g/mol. The van der Waals surface area contributed by atoms with Crippen LogP contribution in [0.1, 0.15) is 25.2 Å². The molecule has 3 N–H and O–H groups in total. The van der Waals surface area contributed by atoms with Crippen LogP contribution in [-0.4, -0.2) is 6.04 Å². The van der Waals surface area contributed by atoms with Crippen LogP contribution in [0.4, 0.5) is 0 Å². The maximum atomic E-state index is 5.72. The summed E-state index contributed by atoms with van der Waals surface area (Å²) in [6.07, 6.45) is 2.46. The Hall–Kier alpha value is -1.58. The molecule has 1 heterocycles. The number of nitrogens with one attached hydrogen (secondary N) is 1. The van der Waals surface area contributed by atoms with Crippen LogP contribution in [0.25, 0.3) is 0 Å². The fourth-order valence-corrected chi connectivity index (χ4v) is 2.22. The first-order chi connectivity index (χ1) is 8.64. The molecule has 18 heavy (non-hydrogen) atoms. The quantitative estimate of drug-likeness (QED) is 0.628. The van der Waals surface area contributed by atoms with Crippen molar-refractivity contribution in [1.29, 1.82) is 0 Å². The summed E-state index contributed by atoms with van der Waals surface area (Å²) in [5.74, 6) is 6.67. The van der Waals surface area contributed by atoms with E-state index in [4.69, 9.17) is 10.3 Å². The molecule has 0 amide bonds. The van der Waals surface area contributed by atoms with Crippen molar-refractivity contribution in [3.05, 3.63) is 60.1 Å². The molecule has 0 saturated heterocycles. The van der Waals surface area contributed by atoms with Crippen LogP contribution in [0.2, 0.25) is 0 Å². The number of nitrogens with two attached hydrogens (primary N) is 1. The molecule has 0 aliphatic rings. The highest BCUT2D eigenvalue weighted by Crippen LogP contribution is 2.28. The lowest BCUT2D eigenvalue weighted by molar-refractivity contribution is 0.322. The topological polar surface area (TPSA) is 51.2 Å². The molecule has 3 nitrogen and oxygen atoms in total. The van der Waals surface area contributed by atoms with E-state index in [9.17, 15) is 0 Å². The minimum absolute atomic E-state index is 0.0667. The first-order valence-corrected chi connectivity index (χ1v) is 6.18. The third-order valence-corrected chi connectivity index (χ3v) is 3.58. The van der Waals surface area contributed by atoms with E-state index in [-0.39, 0.29) is 11.5 Å². The molecule has 1 aromatic carbocycles. The lowest BCUT2D eigenvalue weighted by Gasteiger charge is -2.34. The van der Waals surface area contributed by atoms with Gasteiger partial charge in [-0.1, -0.05) is 44.2 Å². The van der Waals surface area contributed by atoms with E-state index in [1.54, 1.807) is 6.26 Å². The standard InChI is InChI=1S/C15H20N2O/c1-15(2,12-7-4-3-5-8-12)14(17-16)11-13-9-6-10-18-13/h3-10,14,17H,11,16H2,1-2H3. The van der Waals surface area contributed by atoms with Gasteiger partial charge in [-0.25, -0.2) is 0 Å². The Morgan fingerprint density at radius 3 is 2.44 bits per heavy atom. The Kier molecular flexibility index (Phi) is 3.84. The first kappa shape index (κ1) is 12.9. The number of rotatable bonds is 5. The zero-order valence-corrected chi connectivity index (χ0v) is 10.9.